The molecule has 1 aromatic rings. The van der Waals surface area contributed by atoms with E-state index < -0.39 is 3.23 Å². The van der Waals surface area contributed by atoms with E-state index in [0.717, 1.165) is 0 Å². The number of halogens is 3. The zero-order valence-corrected chi connectivity index (χ0v) is 10.9. The van der Waals surface area contributed by atoms with Crippen LogP contribution in [0.1, 0.15) is 5.56 Å². The molecule has 0 atom stereocenters. The number of aromatic nitrogens is 2. The van der Waals surface area contributed by atoms with Gasteiger partial charge in [0.2, 0.25) is 5.28 Å². The van der Waals surface area contributed by atoms with Gasteiger partial charge in [-0.15, -0.1) is 0 Å². The van der Waals surface area contributed by atoms with Crippen molar-refractivity contribution in [2.75, 3.05) is 11.9 Å². The monoisotopic (exact) mass is 339 g/mol. The van der Waals surface area contributed by atoms with E-state index in [-0.39, 0.29) is 11.2 Å². The molecular weight excluding hydrogens is 337 g/mol. The second kappa shape index (κ2) is 3.15. The highest BCUT2D eigenvalue weighted by Gasteiger charge is 2.47. The number of carbonyl (C=O) groups excluding carboxylic acids is 1. The molecule has 0 unspecified atom stereocenters. The number of rotatable bonds is 0. The lowest BCUT2D eigenvalue weighted by molar-refractivity contribution is -0.117. The van der Waals surface area contributed by atoms with E-state index in [9.17, 15) is 4.79 Å². The molecule has 1 aliphatic heterocycles. The van der Waals surface area contributed by atoms with Gasteiger partial charge in [0, 0.05) is 13.2 Å². The molecule has 0 N–H and O–H groups in total. The summed E-state index contributed by atoms with van der Waals surface area (Å²) in [6.45, 7) is 0. The van der Waals surface area contributed by atoms with E-state index in [1.165, 1.54) is 11.1 Å². The first kappa shape index (κ1) is 10.3. The van der Waals surface area contributed by atoms with Crippen LogP contribution < -0.4 is 4.90 Å². The highest BCUT2D eigenvalue weighted by Crippen LogP contribution is 2.48. The minimum absolute atomic E-state index is 0.126. The van der Waals surface area contributed by atoms with Crippen LogP contribution in [0, 0.1) is 0 Å². The van der Waals surface area contributed by atoms with Gasteiger partial charge in [-0.05, 0) is 11.6 Å². The summed E-state index contributed by atoms with van der Waals surface area (Å²) in [5, 5.41) is 0.126. The van der Waals surface area contributed by atoms with Gasteiger partial charge in [0.1, 0.15) is 5.82 Å². The number of carbonyl (C=O) groups is 1. The molecule has 0 saturated heterocycles. The maximum absolute atomic E-state index is 11.7. The van der Waals surface area contributed by atoms with Crippen molar-refractivity contribution in [2.24, 2.45) is 0 Å². The SMILES string of the molecule is CN1C(=O)C(Br)(Br)c2cnc(Cl)nc21. The molecule has 0 fully saturated rings. The summed E-state index contributed by atoms with van der Waals surface area (Å²) in [6.07, 6.45) is 1.52. The van der Waals surface area contributed by atoms with Crippen LogP contribution in [0.25, 0.3) is 0 Å². The van der Waals surface area contributed by atoms with Gasteiger partial charge in [-0.1, -0.05) is 31.9 Å². The second-order valence-electron chi connectivity index (χ2n) is 2.81. The Hall–Kier alpha value is -0.200. The summed E-state index contributed by atoms with van der Waals surface area (Å²) in [4.78, 5) is 21.0. The molecule has 0 aromatic carbocycles. The Labute approximate surface area is 102 Å². The first-order chi connectivity index (χ1) is 6.44. The minimum Gasteiger partial charge on any atom is -0.297 e. The number of amides is 1. The van der Waals surface area contributed by atoms with Crippen LogP contribution >= 0.6 is 43.5 Å². The average Bonchev–Trinajstić information content (AvgIpc) is 2.28. The third-order valence-electron chi connectivity index (χ3n) is 1.97. The summed E-state index contributed by atoms with van der Waals surface area (Å²) in [7, 11) is 1.63. The van der Waals surface area contributed by atoms with Crippen molar-refractivity contribution in [3.8, 4) is 0 Å². The summed E-state index contributed by atoms with van der Waals surface area (Å²) >= 11 is 12.2. The molecule has 74 valence electrons. The molecule has 2 rings (SSSR count). The fourth-order valence-electron chi connectivity index (χ4n) is 1.25. The maximum Gasteiger partial charge on any atom is 0.260 e. The number of anilines is 1. The molecule has 0 aliphatic carbocycles. The zero-order chi connectivity index (χ0) is 10.5. The normalized spacial score (nSPS) is 18.6. The standard InChI is InChI=1S/C7H4Br2ClN3O/c1-13-4-3(2-11-6(10)12-4)7(8,9)5(13)14/h2H,1H3. The molecular formula is C7H4Br2ClN3O. The molecule has 1 aromatic heterocycles. The molecule has 14 heavy (non-hydrogen) atoms. The van der Waals surface area contributed by atoms with Crippen LogP contribution in [0.3, 0.4) is 0 Å². The highest BCUT2D eigenvalue weighted by molar-refractivity contribution is 9.25. The number of hydrogen-bond acceptors (Lipinski definition) is 3. The summed E-state index contributed by atoms with van der Waals surface area (Å²) in [6, 6.07) is 0. The third kappa shape index (κ3) is 1.28. The van der Waals surface area contributed by atoms with E-state index in [1.54, 1.807) is 7.05 Å². The molecule has 7 heteroatoms. The van der Waals surface area contributed by atoms with E-state index in [2.05, 4.69) is 41.8 Å². The molecule has 0 radical (unpaired) electrons. The van der Waals surface area contributed by atoms with Crippen molar-refractivity contribution >= 4 is 55.2 Å². The van der Waals surface area contributed by atoms with Gasteiger partial charge >= 0.3 is 0 Å². The lowest BCUT2D eigenvalue weighted by Gasteiger charge is -2.11. The predicted molar refractivity (Wildman–Crippen MR) is 60.0 cm³/mol. The number of alkyl halides is 2. The number of likely N-dealkylation sites (N-methyl/N-ethyl adjacent to an activating group) is 1. The Bertz CT molecular complexity index is 423. The van der Waals surface area contributed by atoms with Gasteiger partial charge in [0.05, 0.1) is 5.56 Å². The van der Waals surface area contributed by atoms with Gasteiger partial charge < -0.3 is 0 Å². The predicted octanol–water partition coefficient (Wildman–Crippen LogP) is 2.05. The Balaban J connectivity index is 2.68. The summed E-state index contributed by atoms with van der Waals surface area (Å²) in [5.41, 5.74) is 0.661. The Kier molecular flexibility index (Phi) is 2.32. The van der Waals surface area contributed by atoms with Gasteiger partial charge in [0.25, 0.3) is 5.91 Å². The zero-order valence-electron chi connectivity index (χ0n) is 6.96. The third-order valence-corrected chi connectivity index (χ3v) is 3.68. The topological polar surface area (TPSA) is 46.1 Å². The fraction of sp³-hybridized carbons (Fsp3) is 0.286. The van der Waals surface area contributed by atoms with Crippen molar-refractivity contribution in [3.63, 3.8) is 0 Å². The highest BCUT2D eigenvalue weighted by atomic mass is 79.9. The first-order valence-corrected chi connectivity index (χ1v) is 5.60. The van der Waals surface area contributed by atoms with Crippen molar-refractivity contribution in [3.05, 3.63) is 17.0 Å². The van der Waals surface area contributed by atoms with E-state index in [0.29, 0.717) is 11.4 Å². The van der Waals surface area contributed by atoms with Crippen molar-refractivity contribution in [2.45, 2.75) is 3.23 Å². The Morgan fingerprint density at radius 3 is 2.86 bits per heavy atom. The van der Waals surface area contributed by atoms with Gasteiger partial charge in [-0.2, -0.15) is 4.98 Å². The minimum atomic E-state index is -0.922. The van der Waals surface area contributed by atoms with Gasteiger partial charge in [0.15, 0.2) is 3.23 Å². The van der Waals surface area contributed by atoms with Gasteiger partial charge in [-0.25, -0.2) is 4.98 Å². The molecule has 1 amide bonds. The van der Waals surface area contributed by atoms with Gasteiger partial charge in [-0.3, -0.25) is 9.69 Å². The summed E-state index contributed by atoms with van der Waals surface area (Å²) in [5.74, 6) is 0.368. The van der Waals surface area contributed by atoms with Crippen LogP contribution in [0.2, 0.25) is 5.28 Å². The largest absolute Gasteiger partial charge is 0.297 e. The molecule has 0 bridgehead atoms. The fourth-order valence-corrected chi connectivity index (χ4v) is 2.47. The lowest BCUT2D eigenvalue weighted by Crippen LogP contribution is -2.29. The Morgan fingerprint density at radius 1 is 1.57 bits per heavy atom. The Morgan fingerprint density at radius 2 is 2.21 bits per heavy atom. The van der Waals surface area contributed by atoms with E-state index >= 15 is 0 Å². The molecule has 1 aliphatic rings. The van der Waals surface area contributed by atoms with Crippen molar-refractivity contribution in [1.29, 1.82) is 0 Å². The number of nitrogens with zero attached hydrogens (tertiary/aromatic N) is 3. The number of fused-ring (bicyclic) bond motifs is 1. The second-order valence-corrected chi connectivity index (χ2v) is 6.60. The van der Waals surface area contributed by atoms with Crippen LogP contribution in [0.5, 0.6) is 0 Å². The maximum atomic E-state index is 11.7. The van der Waals surface area contributed by atoms with Crippen LogP contribution in [-0.4, -0.2) is 22.9 Å². The van der Waals surface area contributed by atoms with E-state index in [1.807, 2.05) is 0 Å². The molecule has 4 nitrogen and oxygen atoms in total. The molecule has 0 spiro atoms. The van der Waals surface area contributed by atoms with Crippen LogP contribution in [0.15, 0.2) is 6.20 Å². The average molecular weight is 341 g/mol. The van der Waals surface area contributed by atoms with E-state index in [4.69, 9.17) is 11.6 Å². The first-order valence-electron chi connectivity index (χ1n) is 3.63. The van der Waals surface area contributed by atoms with Crippen LogP contribution in [0.4, 0.5) is 5.82 Å². The lowest BCUT2D eigenvalue weighted by atomic mass is 10.3. The molecule has 0 saturated carbocycles. The molecule has 2 heterocycles. The number of hydrogen-bond donors (Lipinski definition) is 0. The van der Waals surface area contributed by atoms with Crippen LogP contribution in [-0.2, 0) is 8.03 Å². The van der Waals surface area contributed by atoms with Crippen molar-refractivity contribution < 1.29 is 4.79 Å². The summed E-state index contributed by atoms with van der Waals surface area (Å²) < 4.78 is -0.922. The van der Waals surface area contributed by atoms with Crippen molar-refractivity contribution in [1.82, 2.24) is 9.97 Å². The smallest absolute Gasteiger partial charge is 0.260 e. The quantitative estimate of drug-likeness (QED) is 0.536.